The standard InChI is InChI=1S/C16H17N3O5/c1-19-16(21)10(5-17-19)14(20)9-3-4-11(22-2)15-12(9)13-8(6-23-15)7-24-18-13/h3-5,8,13,17-18H,6-7H2,1-2H3. The second-order valence-electron chi connectivity index (χ2n) is 5.92. The number of hydrogen-bond acceptors (Lipinski definition) is 6. The molecule has 4 rings (SSSR count). The Morgan fingerprint density at radius 3 is 2.88 bits per heavy atom. The average molecular weight is 331 g/mol. The molecule has 3 heterocycles. The van der Waals surface area contributed by atoms with Crippen molar-refractivity contribution < 1.29 is 19.1 Å². The van der Waals surface area contributed by atoms with Gasteiger partial charge < -0.3 is 19.4 Å². The minimum absolute atomic E-state index is 0.0888. The molecule has 0 amide bonds. The Morgan fingerprint density at radius 2 is 2.17 bits per heavy atom. The first-order chi connectivity index (χ1) is 11.6. The first kappa shape index (κ1) is 15.0. The van der Waals surface area contributed by atoms with Crippen LogP contribution in [0.3, 0.4) is 0 Å². The molecule has 2 atom stereocenters. The van der Waals surface area contributed by atoms with E-state index in [1.54, 1.807) is 26.3 Å². The molecular formula is C16H17N3O5. The summed E-state index contributed by atoms with van der Waals surface area (Å²) >= 11 is 0. The molecule has 0 spiro atoms. The number of rotatable bonds is 3. The fourth-order valence-electron chi connectivity index (χ4n) is 3.23. The van der Waals surface area contributed by atoms with Crippen molar-refractivity contribution in [3.8, 4) is 11.5 Å². The molecule has 24 heavy (non-hydrogen) atoms. The van der Waals surface area contributed by atoms with Crippen molar-refractivity contribution in [3.05, 3.63) is 45.4 Å². The quantitative estimate of drug-likeness (QED) is 0.797. The molecule has 126 valence electrons. The molecule has 0 saturated carbocycles. The maximum atomic E-state index is 12.9. The van der Waals surface area contributed by atoms with Gasteiger partial charge in [0, 0.05) is 30.3 Å². The summed E-state index contributed by atoms with van der Waals surface area (Å²) in [5.41, 5.74) is 3.76. The number of ketones is 1. The number of nitrogens with zero attached hydrogens (tertiary/aromatic N) is 1. The minimum Gasteiger partial charge on any atom is -0.493 e. The maximum Gasteiger partial charge on any atom is 0.277 e. The van der Waals surface area contributed by atoms with Crippen LogP contribution in [0.2, 0.25) is 0 Å². The number of carbonyl (C=O) groups excluding carboxylic acids is 1. The van der Waals surface area contributed by atoms with Crippen LogP contribution in [-0.2, 0) is 11.9 Å². The zero-order chi connectivity index (χ0) is 16.8. The van der Waals surface area contributed by atoms with Gasteiger partial charge in [0.1, 0.15) is 5.56 Å². The molecule has 2 aromatic rings. The van der Waals surface area contributed by atoms with Crippen molar-refractivity contribution in [2.75, 3.05) is 20.3 Å². The zero-order valence-electron chi connectivity index (χ0n) is 13.3. The summed E-state index contributed by atoms with van der Waals surface area (Å²) in [7, 11) is 3.11. The zero-order valence-corrected chi connectivity index (χ0v) is 13.3. The van der Waals surface area contributed by atoms with Gasteiger partial charge in [-0.3, -0.25) is 14.3 Å². The SMILES string of the molecule is COc1ccc(C(=O)c2c[nH]n(C)c2=O)c2c1OCC1CONC21. The van der Waals surface area contributed by atoms with E-state index < -0.39 is 0 Å². The fourth-order valence-corrected chi connectivity index (χ4v) is 3.23. The van der Waals surface area contributed by atoms with Gasteiger partial charge in [0.2, 0.25) is 5.78 Å². The van der Waals surface area contributed by atoms with Gasteiger partial charge in [-0.2, -0.15) is 5.48 Å². The summed E-state index contributed by atoms with van der Waals surface area (Å²) in [5.74, 6) is 0.824. The Hall–Kier alpha value is -2.58. The number of carbonyl (C=O) groups is 1. The van der Waals surface area contributed by atoms with Crippen LogP contribution in [0, 0.1) is 5.92 Å². The summed E-state index contributed by atoms with van der Waals surface area (Å²) in [6.45, 7) is 0.978. The van der Waals surface area contributed by atoms with Crippen molar-refractivity contribution in [2.24, 2.45) is 13.0 Å². The second kappa shape index (κ2) is 5.50. The number of ether oxygens (including phenoxy) is 2. The Morgan fingerprint density at radius 1 is 1.33 bits per heavy atom. The van der Waals surface area contributed by atoms with Gasteiger partial charge in [0.25, 0.3) is 5.56 Å². The number of aryl methyl sites for hydroxylation is 1. The lowest BCUT2D eigenvalue weighted by atomic mass is 9.86. The summed E-state index contributed by atoms with van der Waals surface area (Å²) < 4.78 is 12.4. The number of aromatic amines is 1. The molecule has 8 heteroatoms. The molecule has 1 aromatic carbocycles. The third-order valence-electron chi connectivity index (χ3n) is 4.54. The van der Waals surface area contributed by atoms with E-state index in [0.717, 1.165) is 0 Å². The fraction of sp³-hybridized carbons (Fsp3) is 0.375. The molecule has 0 radical (unpaired) electrons. The van der Waals surface area contributed by atoms with Crippen LogP contribution in [0.5, 0.6) is 11.5 Å². The Bertz CT molecular complexity index is 869. The van der Waals surface area contributed by atoms with E-state index in [1.807, 2.05) is 0 Å². The van der Waals surface area contributed by atoms with Crippen LogP contribution in [0.4, 0.5) is 0 Å². The van der Waals surface area contributed by atoms with E-state index in [-0.39, 0.29) is 28.9 Å². The summed E-state index contributed by atoms with van der Waals surface area (Å²) in [6, 6.07) is 3.17. The molecule has 0 aliphatic carbocycles. The van der Waals surface area contributed by atoms with E-state index in [0.29, 0.717) is 35.8 Å². The largest absolute Gasteiger partial charge is 0.493 e. The number of nitrogens with one attached hydrogen (secondary N) is 2. The highest BCUT2D eigenvalue weighted by atomic mass is 16.7. The van der Waals surface area contributed by atoms with E-state index in [4.69, 9.17) is 14.3 Å². The van der Waals surface area contributed by atoms with Crippen molar-refractivity contribution in [1.29, 1.82) is 0 Å². The van der Waals surface area contributed by atoms with Gasteiger partial charge in [-0.1, -0.05) is 0 Å². The monoisotopic (exact) mass is 331 g/mol. The number of aromatic nitrogens is 2. The van der Waals surface area contributed by atoms with E-state index in [9.17, 15) is 9.59 Å². The lowest BCUT2D eigenvalue weighted by Crippen LogP contribution is -2.30. The molecule has 0 bridgehead atoms. The second-order valence-corrected chi connectivity index (χ2v) is 5.92. The summed E-state index contributed by atoms with van der Waals surface area (Å²) in [4.78, 5) is 30.4. The molecule has 2 aliphatic heterocycles. The number of H-pyrrole nitrogens is 1. The third kappa shape index (κ3) is 2.07. The predicted molar refractivity (Wildman–Crippen MR) is 83.3 cm³/mol. The molecule has 2 unspecified atom stereocenters. The topological polar surface area (TPSA) is 94.6 Å². The molecule has 1 aromatic heterocycles. The molecule has 1 fully saturated rings. The Labute approximate surface area is 137 Å². The van der Waals surface area contributed by atoms with Gasteiger partial charge in [0.05, 0.1) is 26.4 Å². The normalized spacial score (nSPS) is 21.8. The van der Waals surface area contributed by atoms with E-state index >= 15 is 0 Å². The van der Waals surface area contributed by atoms with Crippen LogP contribution < -0.4 is 20.5 Å². The molecule has 1 saturated heterocycles. The van der Waals surface area contributed by atoms with Crippen LogP contribution in [0.1, 0.15) is 27.5 Å². The van der Waals surface area contributed by atoms with Gasteiger partial charge in [-0.25, -0.2) is 0 Å². The average Bonchev–Trinajstić information content (AvgIpc) is 3.20. The first-order valence-electron chi connectivity index (χ1n) is 7.62. The summed E-state index contributed by atoms with van der Waals surface area (Å²) in [5, 5.41) is 2.72. The van der Waals surface area contributed by atoms with Gasteiger partial charge in [-0.15, -0.1) is 0 Å². The minimum atomic E-state index is -0.367. The van der Waals surface area contributed by atoms with Crippen LogP contribution in [0.25, 0.3) is 0 Å². The highest BCUT2D eigenvalue weighted by Gasteiger charge is 2.40. The first-order valence-corrected chi connectivity index (χ1v) is 7.62. The van der Waals surface area contributed by atoms with Crippen molar-refractivity contribution in [3.63, 3.8) is 0 Å². The molecular weight excluding hydrogens is 314 g/mol. The van der Waals surface area contributed by atoms with Crippen molar-refractivity contribution >= 4 is 5.78 Å². The molecule has 2 N–H and O–H groups in total. The van der Waals surface area contributed by atoms with Gasteiger partial charge in [-0.05, 0) is 12.1 Å². The smallest absolute Gasteiger partial charge is 0.277 e. The van der Waals surface area contributed by atoms with E-state index in [2.05, 4.69) is 10.6 Å². The highest BCUT2D eigenvalue weighted by molar-refractivity contribution is 6.10. The van der Waals surface area contributed by atoms with Crippen LogP contribution in [0.15, 0.2) is 23.1 Å². The van der Waals surface area contributed by atoms with Gasteiger partial charge in [0.15, 0.2) is 11.5 Å². The third-order valence-corrected chi connectivity index (χ3v) is 4.54. The van der Waals surface area contributed by atoms with Crippen LogP contribution >= 0.6 is 0 Å². The lowest BCUT2D eigenvalue weighted by Gasteiger charge is -2.29. The van der Waals surface area contributed by atoms with Gasteiger partial charge >= 0.3 is 0 Å². The number of hydrogen-bond donors (Lipinski definition) is 2. The summed E-state index contributed by atoms with van der Waals surface area (Å²) in [6.07, 6.45) is 1.42. The highest BCUT2D eigenvalue weighted by Crippen LogP contribution is 2.45. The number of fused-ring (bicyclic) bond motifs is 3. The number of methoxy groups -OCH3 is 1. The molecule has 2 aliphatic rings. The predicted octanol–water partition coefficient (Wildman–Crippen LogP) is 0.537. The Kier molecular flexibility index (Phi) is 3.43. The van der Waals surface area contributed by atoms with Crippen molar-refractivity contribution in [1.82, 2.24) is 15.3 Å². The lowest BCUT2D eigenvalue weighted by molar-refractivity contribution is 0.0859. The van der Waals surface area contributed by atoms with E-state index in [1.165, 1.54) is 10.9 Å². The maximum absolute atomic E-state index is 12.9. The molecule has 8 nitrogen and oxygen atoms in total. The van der Waals surface area contributed by atoms with Crippen LogP contribution in [-0.4, -0.2) is 35.9 Å². The number of hydroxylamine groups is 1. The van der Waals surface area contributed by atoms with Crippen molar-refractivity contribution in [2.45, 2.75) is 6.04 Å². The number of benzene rings is 1. The Balaban J connectivity index is 1.89.